The molecule has 2 aliphatic heterocycles. The summed E-state index contributed by atoms with van der Waals surface area (Å²) < 4.78 is 5.52. The maximum Gasteiger partial charge on any atom is 0.251 e. The van der Waals surface area contributed by atoms with Gasteiger partial charge in [-0.2, -0.15) is 0 Å². The summed E-state index contributed by atoms with van der Waals surface area (Å²) in [5, 5.41) is 4.50. The minimum absolute atomic E-state index is 0.175. The Balaban J connectivity index is 1.24. The van der Waals surface area contributed by atoms with E-state index in [4.69, 9.17) is 17.0 Å². The van der Waals surface area contributed by atoms with Crippen LogP contribution in [0.3, 0.4) is 0 Å². The topological polar surface area (TPSA) is 44.8 Å². The largest absolute Gasteiger partial charge is 0.368 e. The summed E-state index contributed by atoms with van der Waals surface area (Å²) >= 11 is 5.62. The molecule has 1 amide bonds. The van der Waals surface area contributed by atoms with E-state index in [1.165, 1.54) is 25.7 Å². The van der Waals surface area contributed by atoms with Crippen LogP contribution in [0.25, 0.3) is 0 Å². The van der Waals surface area contributed by atoms with Crippen LogP contribution in [-0.4, -0.2) is 65.8 Å². The molecule has 0 aromatic rings. The van der Waals surface area contributed by atoms with Crippen LogP contribution in [0.5, 0.6) is 0 Å². The van der Waals surface area contributed by atoms with Crippen molar-refractivity contribution in [1.29, 1.82) is 0 Å². The predicted octanol–water partition coefficient (Wildman–Crippen LogP) is 1.37. The first kappa shape index (κ1) is 15.6. The summed E-state index contributed by atoms with van der Waals surface area (Å²) in [5.41, 5.74) is 0. The third kappa shape index (κ3) is 3.20. The zero-order valence-corrected chi connectivity index (χ0v) is 14.5. The van der Waals surface area contributed by atoms with Crippen molar-refractivity contribution in [2.45, 2.75) is 50.7 Å². The molecule has 0 radical (unpaired) electrons. The number of carbonyl (C=O) groups is 1. The van der Waals surface area contributed by atoms with Crippen molar-refractivity contribution in [2.75, 3.05) is 32.8 Å². The number of thiocarbonyl (C=S) groups is 1. The number of piperazine rings is 1. The molecule has 2 saturated heterocycles. The fourth-order valence-electron chi connectivity index (χ4n) is 4.78. The number of fused-ring (bicyclic) bond motifs is 2. The Labute approximate surface area is 143 Å². The summed E-state index contributed by atoms with van der Waals surface area (Å²) in [6.07, 6.45) is 7.16. The van der Waals surface area contributed by atoms with Crippen molar-refractivity contribution in [3.8, 4) is 0 Å². The molecule has 2 saturated carbocycles. The number of hydrogen-bond acceptors (Lipinski definition) is 3. The second kappa shape index (κ2) is 6.55. The number of nitrogens with one attached hydrogen (secondary N) is 1. The van der Waals surface area contributed by atoms with Gasteiger partial charge in [0.15, 0.2) is 5.11 Å². The van der Waals surface area contributed by atoms with E-state index in [1.807, 2.05) is 4.90 Å². The third-order valence-electron chi connectivity index (χ3n) is 6.13. The Morgan fingerprint density at radius 2 is 1.83 bits per heavy atom. The van der Waals surface area contributed by atoms with Gasteiger partial charge in [-0.3, -0.25) is 4.79 Å². The van der Waals surface area contributed by atoms with Crippen molar-refractivity contribution in [3.63, 3.8) is 0 Å². The molecule has 4 rings (SSSR count). The van der Waals surface area contributed by atoms with E-state index in [0.717, 1.165) is 62.6 Å². The van der Waals surface area contributed by atoms with Crippen molar-refractivity contribution < 1.29 is 9.53 Å². The van der Waals surface area contributed by atoms with Crippen LogP contribution in [0.2, 0.25) is 0 Å². The Kier molecular flexibility index (Phi) is 4.46. The lowest BCUT2D eigenvalue weighted by Gasteiger charge is -2.38. The van der Waals surface area contributed by atoms with Crippen LogP contribution in [0.15, 0.2) is 0 Å². The van der Waals surface area contributed by atoms with Gasteiger partial charge < -0.3 is 19.9 Å². The second-order valence-corrected chi connectivity index (χ2v) is 7.93. The zero-order chi connectivity index (χ0) is 15.8. The number of carbonyl (C=O) groups excluding carboxylic acids is 1. The first-order chi connectivity index (χ1) is 11.2. The summed E-state index contributed by atoms with van der Waals surface area (Å²) in [7, 11) is 0. The number of ether oxygens (including phenoxy) is 1. The molecule has 4 atom stereocenters. The lowest BCUT2D eigenvalue weighted by atomic mass is 9.95. The second-order valence-electron chi connectivity index (χ2n) is 7.54. The maximum absolute atomic E-state index is 12.4. The molecule has 0 aromatic carbocycles. The van der Waals surface area contributed by atoms with Crippen molar-refractivity contribution in [3.05, 3.63) is 0 Å². The highest BCUT2D eigenvalue weighted by Gasteiger charge is 2.40. The molecule has 4 fully saturated rings. The highest BCUT2D eigenvalue weighted by Crippen LogP contribution is 2.44. The van der Waals surface area contributed by atoms with Gasteiger partial charge in [-0.1, -0.05) is 6.42 Å². The molecular formula is C17H27N3O2S. The smallest absolute Gasteiger partial charge is 0.251 e. The molecular weight excluding hydrogens is 310 g/mol. The lowest BCUT2D eigenvalue weighted by molar-refractivity contribution is -0.142. The summed E-state index contributed by atoms with van der Waals surface area (Å²) in [6.45, 7) is 3.93. The van der Waals surface area contributed by atoms with Gasteiger partial charge in [0, 0.05) is 38.8 Å². The molecule has 2 bridgehead atoms. The van der Waals surface area contributed by atoms with Crippen molar-refractivity contribution >= 4 is 23.2 Å². The molecule has 0 spiro atoms. The van der Waals surface area contributed by atoms with E-state index < -0.39 is 0 Å². The van der Waals surface area contributed by atoms with Crippen LogP contribution in [0.1, 0.15) is 38.5 Å². The maximum atomic E-state index is 12.4. The molecule has 5 nitrogen and oxygen atoms in total. The minimum atomic E-state index is -0.194. The summed E-state index contributed by atoms with van der Waals surface area (Å²) in [5.74, 6) is 1.94. The van der Waals surface area contributed by atoms with E-state index in [2.05, 4.69) is 10.2 Å². The van der Waals surface area contributed by atoms with E-state index in [9.17, 15) is 4.79 Å². The quantitative estimate of drug-likeness (QED) is 0.771. The van der Waals surface area contributed by atoms with Crippen molar-refractivity contribution in [1.82, 2.24) is 15.1 Å². The third-order valence-corrected chi connectivity index (χ3v) is 6.51. The first-order valence-corrected chi connectivity index (χ1v) is 9.57. The molecule has 2 heterocycles. The van der Waals surface area contributed by atoms with Gasteiger partial charge in [-0.05, 0) is 56.2 Å². The standard InChI is InChI=1S/C17H27N3O2S/c21-16(15-2-1-9-22-15)19-5-7-20(8-6-19)17(23)18-14-11-12-3-4-13(14)10-12/h12-15H,1-11H2,(H,18,23)/t12-,13-,14-,15-/m0/s1. The molecule has 23 heavy (non-hydrogen) atoms. The SMILES string of the molecule is O=C([C@@H]1CCCO1)N1CCN(C(=S)N[C@H]2C[C@H]3CC[C@H]2C3)CC1. The fraction of sp³-hybridized carbons (Fsp3) is 0.882. The normalized spacial score (nSPS) is 36.5. The van der Waals surface area contributed by atoms with E-state index in [0.29, 0.717) is 6.04 Å². The van der Waals surface area contributed by atoms with Crippen LogP contribution in [0.4, 0.5) is 0 Å². The van der Waals surface area contributed by atoms with Gasteiger partial charge in [0.25, 0.3) is 5.91 Å². The minimum Gasteiger partial charge on any atom is -0.368 e. The first-order valence-electron chi connectivity index (χ1n) is 9.16. The predicted molar refractivity (Wildman–Crippen MR) is 92.1 cm³/mol. The molecule has 2 aliphatic carbocycles. The van der Waals surface area contributed by atoms with Gasteiger partial charge in [0.2, 0.25) is 0 Å². The average molecular weight is 337 g/mol. The van der Waals surface area contributed by atoms with Crippen molar-refractivity contribution in [2.24, 2.45) is 11.8 Å². The number of hydrogen-bond donors (Lipinski definition) is 1. The van der Waals surface area contributed by atoms with Crippen LogP contribution in [-0.2, 0) is 9.53 Å². The Morgan fingerprint density at radius 3 is 2.43 bits per heavy atom. The van der Waals surface area contributed by atoms with Gasteiger partial charge in [-0.25, -0.2) is 0 Å². The Bertz CT molecular complexity index is 472. The molecule has 1 N–H and O–H groups in total. The summed E-state index contributed by atoms with van der Waals surface area (Å²) in [4.78, 5) is 16.6. The van der Waals surface area contributed by atoms with E-state index >= 15 is 0 Å². The number of rotatable bonds is 2. The molecule has 4 aliphatic rings. The van der Waals surface area contributed by atoms with E-state index in [1.54, 1.807) is 0 Å². The lowest BCUT2D eigenvalue weighted by Crippen LogP contribution is -2.56. The van der Waals surface area contributed by atoms with Gasteiger partial charge in [0.1, 0.15) is 6.10 Å². The molecule has 0 unspecified atom stereocenters. The van der Waals surface area contributed by atoms with Crippen LogP contribution >= 0.6 is 12.2 Å². The molecule has 0 aromatic heterocycles. The van der Waals surface area contributed by atoms with Gasteiger partial charge in [-0.15, -0.1) is 0 Å². The van der Waals surface area contributed by atoms with E-state index in [-0.39, 0.29) is 12.0 Å². The highest BCUT2D eigenvalue weighted by atomic mass is 32.1. The summed E-state index contributed by atoms with van der Waals surface area (Å²) in [6, 6.07) is 0.591. The van der Waals surface area contributed by atoms with Gasteiger partial charge >= 0.3 is 0 Å². The number of amides is 1. The average Bonchev–Trinajstić information content (AvgIpc) is 3.32. The highest BCUT2D eigenvalue weighted by molar-refractivity contribution is 7.80. The fourth-order valence-corrected chi connectivity index (χ4v) is 5.11. The Hall–Kier alpha value is -0.880. The Morgan fingerprint density at radius 1 is 1.04 bits per heavy atom. The molecule has 6 heteroatoms. The van der Waals surface area contributed by atoms with Gasteiger partial charge in [0.05, 0.1) is 0 Å². The number of nitrogens with zero attached hydrogens (tertiary/aromatic N) is 2. The van der Waals surface area contributed by atoms with Crippen LogP contribution < -0.4 is 5.32 Å². The van der Waals surface area contributed by atoms with Crippen LogP contribution in [0, 0.1) is 11.8 Å². The monoisotopic (exact) mass is 337 g/mol. The molecule has 128 valence electrons. The zero-order valence-electron chi connectivity index (χ0n) is 13.7.